The molecular weight excluding hydrogens is 190 g/mol. The zero-order valence-corrected chi connectivity index (χ0v) is 7.52. The highest BCUT2D eigenvalue weighted by atomic mass is 35.5. The summed E-state index contributed by atoms with van der Waals surface area (Å²) < 4.78 is 26.0. The Labute approximate surface area is 69.6 Å². The maximum atomic E-state index is 11.0. The van der Waals surface area contributed by atoms with Gasteiger partial charge in [-0.05, 0) is 18.5 Å². The average molecular weight is 196 g/mol. The number of amidine groups is 2. The summed E-state index contributed by atoms with van der Waals surface area (Å²) in [6, 6.07) is 0. The molecule has 7 heteroatoms. The molecule has 1 rings (SSSR count). The van der Waals surface area contributed by atoms with E-state index in [9.17, 15) is 8.42 Å². The van der Waals surface area contributed by atoms with Crippen LogP contribution in [0.25, 0.3) is 0 Å². The summed E-state index contributed by atoms with van der Waals surface area (Å²) in [5, 5.41) is -0.0856. The molecule has 0 saturated carbocycles. The van der Waals surface area contributed by atoms with Crippen molar-refractivity contribution >= 4 is 32.9 Å². The van der Waals surface area contributed by atoms with Crippen molar-refractivity contribution in [3.05, 3.63) is 0 Å². The molecule has 0 saturated heterocycles. The first-order chi connectivity index (χ1) is 4.93. The van der Waals surface area contributed by atoms with Gasteiger partial charge in [0.05, 0.1) is 0 Å². The lowest BCUT2D eigenvalue weighted by molar-refractivity contribution is 0.555. The molecule has 1 aliphatic heterocycles. The first-order valence-corrected chi connectivity index (χ1v) is 4.50. The Morgan fingerprint density at radius 1 is 1.55 bits per heavy atom. The van der Waals surface area contributed by atoms with Gasteiger partial charge in [0.1, 0.15) is 5.84 Å². The molecule has 0 radical (unpaired) electrons. The fraction of sp³-hybridized carbons (Fsp3) is 0.500. The van der Waals surface area contributed by atoms with Crippen LogP contribution in [0.4, 0.5) is 0 Å². The Kier molecular flexibility index (Phi) is 1.89. The molecule has 0 aromatic heterocycles. The van der Waals surface area contributed by atoms with Gasteiger partial charge in [-0.15, -0.1) is 4.40 Å². The normalized spacial score (nSPS) is 22.6. The molecule has 0 amide bonds. The van der Waals surface area contributed by atoms with Crippen molar-refractivity contribution in [1.82, 2.24) is 4.31 Å². The van der Waals surface area contributed by atoms with E-state index in [1.54, 1.807) is 0 Å². The Hall–Kier alpha value is -0.620. The summed E-state index contributed by atoms with van der Waals surface area (Å²) >= 11 is 5.46. The van der Waals surface area contributed by atoms with Gasteiger partial charge in [0, 0.05) is 7.05 Å². The standard InChI is InChI=1S/C4H6ClN3O2S/c1-3-6-4(5)8(2)11(9,10)7-3/h1-2H3. The third-order valence-electron chi connectivity index (χ3n) is 1.11. The van der Waals surface area contributed by atoms with Crippen molar-refractivity contribution in [2.75, 3.05) is 7.05 Å². The van der Waals surface area contributed by atoms with E-state index in [0.717, 1.165) is 4.31 Å². The van der Waals surface area contributed by atoms with Crippen molar-refractivity contribution in [3.8, 4) is 0 Å². The molecule has 1 aliphatic rings. The Morgan fingerprint density at radius 2 is 2.09 bits per heavy atom. The van der Waals surface area contributed by atoms with E-state index in [1.807, 2.05) is 0 Å². The monoisotopic (exact) mass is 195 g/mol. The smallest absolute Gasteiger partial charge is 0.228 e. The molecule has 11 heavy (non-hydrogen) atoms. The van der Waals surface area contributed by atoms with Crippen LogP contribution < -0.4 is 0 Å². The number of aliphatic imine (C=N–C) groups is 1. The van der Waals surface area contributed by atoms with E-state index in [0.29, 0.717) is 0 Å². The van der Waals surface area contributed by atoms with E-state index in [1.165, 1.54) is 14.0 Å². The lowest BCUT2D eigenvalue weighted by Gasteiger charge is -2.16. The van der Waals surface area contributed by atoms with Crippen LogP contribution in [0.5, 0.6) is 0 Å². The van der Waals surface area contributed by atoms with Crippen molar-refractivity contribution in [2.45, 2.75) is 6.92 Å². The van der Waals surface area contributed by atoms with Gasteiger partial charge in [0.25, 0.3) is 0 Å². The van der Waals surface area contributed by atoms with Crippen LogP contribution in [0.3, 0.4) is 0 Å². The number of hydrogen-bond donors (Lipinski definition) is 0. The summed E-state index contributed by atoms with van der Waals surface area (Å²) in [7, 11) is -2.31. The van der Waals surface area contributed by atoms with Gasteiger partial charge in [-0.1, -0.05) is 0 Å². The molecule has 0 unspecified atom stereocenters. The highest BCUT2D eigenvalue weighted by molar-refractivity contribution is 7.88. The van der Waals surface area contributed by atoms with Crippen molar-refractivity contribution in [3.63, 3.8) is 0 Å². The Bertz CT molecular complexity index is 331. The van der Waals surface area contributed by atoms with Crippen LogP contribution in [-0.2, 0) is 10.2 Å². The van der Waals surface area contributed by atoms with Crippen LogP contribution >= 0.6 is 11.6 Å². The molecule has 0 N–H and O–H groups in total. The molecule has 1 heterocycles. The van der Waals surface area contributed by atoms with Crippen molar-refractivity contribution in [1.29, 1.82) is 0 Å². The van der Waals surface area contributed by atoms with Gasteiger partial charge >= 0.3 is 10.2 Å². The highest BCUT2D eigenvalue weighted by Gasteiger charge is 2.23. The molecule has 0 aromatic rings. The number of hydrogen-bond acceptors (Lipinski definition) is 3. The van der Waals surface area contributed by atoms with E-state index in [4.69, 9.17) is 11.6 Å². The third kappa shape index (κ3) is 1.51. The largest absolute Gasteiger partial charge is 0.348 e. The first kappa shape index (κ1) is 8.48. The number of nitrogens with zero attached hydrogens (tertiary/aromatic N) is 3. The Morgan fingerprint density at radius 3 is 2.55 bits per heavy atom. The van der Waals surface area contributed by atoms with Crippen LogP contribution in [0.2, 0.25) is 0 Å². The van der Waals surface area contributed by atoms with Gasteiger partial charge in [0.2, 0.25) is 5.29 Å². The van der Waals surface area contributed by atoms with Crippen molar-refractivity contribution in [2.24, 2.45) is 9.39 Å². The lowest BCUT2D eigenvalue weighted by atomic mass is 10.7. The molecule has 0 bridgehead atoms. The lowest BCUT2D eigenvalue weighted by Crippen LogP contribution is -2.32. The minimum atomic E-state index is -3.60. The molecular formula is C4H6ClN3O2S. The summed E-state index contributed by atoms with van der Waals surface area (Å²) in [4.78, 5) is 3.64. The predicted octanol–water partition coefficient (Wildman–Crippen LogP) is 0.190. The fourth-order valence-electron chi connectivity index (χ4n) is 0.548. The van der Waals surface area contributed by atoms with Gasteiger partial charge in [-0.25, -0.2) is 9.30 Å². The molecule has 0 fully saturated rings. The fourth-order valence-corrected chi connectivity index (χ4v) is 1.66. The van der Waals surface area contributed by atoms with E-state index in [2.05, 4.69) is 9.39 Å². The van der Waals surface area contributed by atoms with Gasteiger partial charge < -0.3 is 0 Å². The molecule has 0 spiro atoms. The second-order valence-electron chi connectivity index (χ2n) is 1.96. The quantitative estimate of drug-likeness (QED) is 0.518. The van der Waals surface area contributed by atoms with Gasteiger partial charge in [0.15, 0.2) is 0 Å². The third-order valence-corrected chi connectivity index (χ3v) is 2.91. The van der Waals surface area contributed by atoms with Gasteiger partial charge in [-0.3, -0.25) is 0 Å². The summed E-state index contributed by atoms with van der Waals surface area (Å²) in [5.74, 6) is 0.146. The Balaban J connectivity index is 3.22. The van der Waals surface area contributed by atoms with Crippen LogP contribution in [0.15, 0.2) is 9.39 Å². The van der Waals surface area contributed by atoms with E-state index < -0.39 is 10.2 Å². The van der Waals surface area contributed by atoms with Crippen molar-refractivity contribution < 1.29 is 8.42 Å². The predicted molar refractivity (Wildman–Crippen MR) is 43.1 cm³/mol. The SMILES string of the molecule is CC1=NS(=O)(=O)N(C)C(Cl)=N1. The summed E-state index contributed by atoms with van der Waals surface area (Å²) in [6.07, 6.45) is 0. The zero-order chi connectivity index (χ0) is 8.65. The summed E-state index contributed by atoms with van der Waals surface area (Å²) in [6.45, 7) is 1.47. The maximum Gasteiger partial charge on any atom is 0.348 e. The maximum absolute atomic E-state index is 11.0. The van der Waals surface area contributed by atoms with Crippen LogP contribution in [0, 0.1) is 0 Å². The number of halogens is 1. The van der Waals surface area contributed by atoms with E-state index in [-0.39, 0.29) is 11.1 Å². The second-order valence-corrected chi connectivity index (χ2v) is 3.93. The molecule has 0 atom stereocenters. The molecule has 62 valence electrons. The van der Waals surface area contributed by atoms with Crippen LogP contribution in [0.1, 0.15) is 6.92 Å². The summed E-state index contributed by atoms with van der Waals surface area (Å²) in [5.41, 5.74) is 0. The molecule has 0 aliphatic carbocycles. The minimum Gasteiger partial charge on any atom is -0.228 e. The van der Waals surface area contributed by atoms with E-state index >= 15 is 0 Å². The second kappa shape index (κ2) is 2.46. The zero-order valence-electron chi connectivity index (χ0n) is 5.94. The topological polar surface area (TPSA) is 62.1 Å². The highest BCUT2D eigenvalue weighted by Crippen LogP contribution is 2.10. The number of rotatable bonds is 0. The molecule has 5 nitrogen and oxygen atoms in total. The minimum absolute atomic E-state index is 0.0856. The van der Waals surface area contributed by atoms with Gasteiger partial charge in [-0.2, -0.15) is 8.42 Å². The van der Waals surface area contributed by atoms with Crippen LogP contribution in [-0.4, -0.2) is 30.9 Å². The first-order valence-electron chi connectivity index (χ1n) is 2.73. The average Bonchev–Trinajstić information content (AvgIpc) is 1.81. The molecule has 0 aromatic carbocycles.